The smallest absolute Gasteiger partial charge is 0.343 e. The van der Waals surface area contributed by atoms with Gasteiger partial charge < -0.3 is 14.2 Å². The molecule has 0 N–H and O–H groups in total. The van der Waals surface area contributed by atoms with Crippen molar-refractivity contribution in [1.82, 2.24) is 0 Å². The van der Waals surface area contributed by atoms with Crippen LogP contribution in [0.3, 0.4) is 0 Å². The number of carbonyl (C=O) groups is 3. The van der Waals surface area contributed by atoms with Crippen molar-refractivity contribution in [1.29, 1.82) is 0 Å². The number of rotatable bonds is 1. The van der Waals surface area contributed by atoms with Crippen LogP contribution in [0.15, 0.2) is 35.9 Å². The van der Waals surface area contributed by atoms with Crippen LogP contribution in [0.1, 0.15) is 36.7 Å². The van der Waals surface area contributed by atoms with Crippen LogP contribution in [0.5, 0.6) is 0 Å². The van der Waals surface area contributed by atoms with Crippen molar-refractivity contribution < 1.29 is 28.6 Å². The summed E-state index contributed by atoms with van der Waals surface area (Å²) in [7, 11) is 0. The third-order valence-corrected chi connectivity index (χ3v) is 3.22. The van der Waals surface area contributed by atoms with Crippen molar-refractivity contribution in [2.45, 2.75) is 32.2 Å². The van der Waals surface area contributed by atoms with Crippen molar-refractivity contribution in [2.24, 2.45) is 0 Å². The fourth-order valence-corrected chi connectivity index (χ4v) is 2.43. The first kappa shape index (κ1) is 14.3. The monoisotopic (exact) mass is 302 g/mol. The molecule has 0 amide bonds. The maximum Gasteiger partial charge on any atom is 0.343 e. The second kappa shape index (κ2) is 4.43. The van der Waals surface area contributed by atoms with E-state index >= 15 is 0 Å². The molecule has 0 fully saturated rings. The summed E-state index contributed by atoms with van der Waals surface area (Å²) in [6.07, 6.45) is 1.00. The first-order valence-corrected chi connectivity index (χ1v) is 6.74. The summed E-state index contributed by atoms with van der Waals surface area (Å²) in [6.45, 7) is 5.10. The number of esters is 3. The summed E-state index contributed by atoms with van der Waals surface area (Å²) in [5.74, 6) is -4.01. The molecule has 22 heavy (non-hydrogen) atoms. The van der Waals surface area contributed by atoms with Gasteiger partial charge in [0.1, 0.15) is 11.2 Å². The van der Waals surface area contributed by atoms with Crippen LogP contribution in [0.25, 0.3) is 0 Å². The Kier molecular flexibility index (Phi) is 2.88. The highest BCUT2D eigenvalue weighted by Gasteiger charge is 2.58. The zero-order valence-corrected chi connectivity index (χ0v) is 12.3. The molecule has 0 bridgehead atoms. The lowest BCUT2D eigenvalue weighted by atomic mass is 9.96. The number of ether oxygens (including phenoxy) is 3. The summed E-state index contributed by atoms with van der Waals surface area (Å²) in [5.41, 5.74) is -0.312. The zero-order chi connectivity index (χ0) is 16.1. The Labute approximate surface area is 126 Å². The Hall–Kier alpha value is -2.63. The van der Waals surface area contributed by atoms with Crippen LogP contribution < -0.4 is 0 Å². The molecular weight excluding hydrogens is 288 g/mol. The van der Waals surface area contributed by atoms with Gasteiger partial charge in [-0.05, 0) is 32.9 Å². The van der Waals surface area contributed by atoms with E-state index in [9.17, 15) is 14.4 Å². The van der Waals surface area contributed by atoms with Crippen LogP contribution in [0.4, 0.5) is 0 Å². The molecular formula is C16H14O6. The number of carbonyl (C=O) groups excluding carboxylic acids is 3. The van der Waals surface area contributed by atoms with Gasteiger partial charge in [-0.3, -0.25) is 0 Å². The van der Waals surface area contributed by atoms with E-state index in [-0.39, 0.29) is 11.1 Å². The summed E-state index contributed by atoms with van der Waals surface area (Å²) in [5, 5.41) is 0. The highest BCUT2D eigenvalue weighted by molar-refractivity contribution is 6.05. The minimum absolute atomic E-state index is 0.134. The van der Waals surface area contributed by atoms with Gasteiger partial charge in [0, 0.05) is 6.08 Å². The Morgan fingerprint density at radius 1 is 1.14 bits per heavy atom. The molecule has 0 saturated carbocycles. The highest BCUT2D eigenvalue weighted by Crippen LogP contribution is 2.46. The molecule has 114 valence electrons. The van der Waals surface area contributed by atoms with Gasteiger partial charge in [0.15, 0.2) is 0 Å². The molecule has 2 aliphatic heterocycles. The SMILES string of the molecule is CC(C)(C)OC(=O)C1=CC(=O)OC12OC(=O)c1ccccc12. The van der Waals surface area contributed by atoms with Crippen molar-refractivity contribution in [3.05, 3.63) is 47.0 Å². The van der Waals surface area contributed by atoms with E-state index in [1.807, 2.05) is 0 Å². The minimum atomic E-state index is -1.84. The average Bonchev–Trinajstić information content (AvgIpc) is 2.88. The molecule has 1 unspecified atom stereocenters. The van der Waals surface area contributed by atoms with E-state index in [2.05, 4.69) is 0 Å². The topological polar surface area (TPSA) is 78.9 Å². The highest BCUT2D eigenvalue weighted by atomic mass is 16.7. The normalized spacial score (nSPS) is 23.0. The van der Waals surface area contributed by atoms with Crippen molar-refractivity contribution in [3.63, 3.8) is 0 Å². The lowest BCUT2D eigenvalue weighted by Crippen LogP contribution is -2.36. The van der Waals surface area contributed by atoms with Gasteiger partial charge in [0.25, 0.3) is 0 Å². The third-order valence-electron chi connectivity index (χ3n) is 3.22. The number of fused-ring (bicyclic) bond motifs is 2. The van der Waals surface area contributed by atoms with Crippen molar-refractivity contribution >= 4 is 17.9 Å². The molecule has 0 aliphatic carbocycles. The van der Waals surface area contributed by atoms with E-state index in [0.717, 1.165) is 6.08 Å². The predicted molar refractivity (Wildman–Crippen MR) is 73.6 cm³/mol. The first-order chi connectivity index (χ1) is 10.2. The van der Waals surface area contributed by atoms with Gasteiger partial charge in [0.05, 0.1) is 11.1 Å². The van der Waals surface area contributed by atoms with Crippen LogP contribution in [0, 0.1) is 0 Å². The maximum absolute atomic E-state index is 12.4. The Balaban J connectivity index is 2.08. The number of hydrogen-bond donors (Lipinski definition) is 0. The Morgan fingerprint density at radius 3 is 2.50 bits per heavy atom. The second-order valence-electron chi connectivity index (χ2n) is 6.03. The molecule has 1 aromatic rings. The number of hydrogen-bond acceptors (Lipinski definition) is 6. The largest absolute Gasteiger partial charge is 0.456 e. The molecule has 1 aromatic carbocycles. The van der Waals surface area contributed by atoms with E-state index in [1.54, 1.807) is 45.0 Å². The van der Waals surface area contributed by atoms with Crippen LogP contribution in [-0.2, 0) is 29.6 Å². The third kappa shape index (κ3) is 2.07. The van der Waals surface area contributed by atoms with E-state index in [1.165, 1.54) is 0 Å². The molecule has 2 heterocycles. The quantitative estimate of drug-likeness (QED) is 0.736. The first-order valence-electron chi connectivity index (χ1n) is 6.74. The molecule has 3 rings (SSSR count). The average molecular weight is 302 g/mol. The zero-order valence-electron chi connectivity index (χ0n) is 12.3. The van der Waals surface area contributed by atoms with Gasteiger partial charge in [0.2, 0.25) is 0 Å². The van der Waals surface area contributed by atoms with Crippen LogP contribution >= 0.6 is 0 Å². The summed E-state index contributed by atoms with van der Waals surface area (Å²) in [6, 6.07) is 6.45. The summed E-state index contributed by atoms with van der Waals surface area (Å²) >= 11 is 0. The van der Waals surface area contributed by atoms with Gasteiger partial charge in [-0.15, -0.1) is 0 Å². The fourth-order valence-electron chi connectivity index (χ4n) is 2.43. The molecule has 2 aliphatic rings. The Morgan fingerprint density at radius 2 is 1.82 bits per heavy atom. The van der Waals surface area contributed by atoms with Gasteiger partial charge in [-0.1, -0.05) is 12.1 Å². The Bertz CT molecular complexity index is 724. The minimum Gasteiger partial charge on any atom is -0.456 e. The summed E-state index contributed by atoms with van der Waals surface area (Å²) < 4.78 is 15.7. The van der Waals surface area contributed by atoms with E-state index < -0.39 is 29.3 Å². The lowest BCUT2D eigenvalue weighted by Gasteiger charge is -2.26. The van der Waals surface area contributed by atoms with Crippen LogP contribution in [0.2, 0.25) is 0 Å². The van der Waals surface area contributed by atoms with Gasteiger partial charge in [-0.25, -0.2) is 14.4 Å². The predicted octanol–water partition coefficient (Wildman–Crippen LogP) is 1.83. The van der Waals surface area contributed by atoms with E-state index in [0.29, 0.717) is 5.56 Å². The van der Waals surface area contributed by atoms with E-state index in [4.69, 9.17) is 14.2 Å². The molecule has 1 atom stereocenters. The molecule has 1 spiro atoms. The molecule has 0 aromatic heterocycles. The van der Waals surface area contributed by atoms with Crippen molar-refractivity contribution in [3.8, 4) is 0 Å². The van der Waals surface area contributed by atoms with Gasteiger partial charge >= 0.3 is 23.7 Å². The van der Waals surface area contributed by atoms with Crippen LogP contribution in [-0.4, -0.2) is 23.5 Å². The van der Waals surface area contributed by atoms with Crippen molar-refractivity contribution in [2.75, 3.05) is 0 Å². The molecule has 0 radical (unpaired) electrons. The second-order valence-corrected chi connectivity index (χ2v) is 6.03. The molecule has 0 saturated heterocycles. The van der Waals surface area contributed by atoms with Gasteiger partial charge in [-0.2, -0.15) is 0 Å². The maximum atomic E-state index is 12.4. The lowest BCUT2D eigenvalue weighted by molar-refractivity contribution is -0.186. The molecule has 6 heteroatoms. The molecule has 6 nitrogen and oxygen atoms in total. The number of benzene rings is 1. The standard InChI is InChI=1S/C16H14O6/c1-15(2,3)21-14(19)11-8-12(17)20-16(11)10-7-5-4-6-9(10)13(18)22-16/h4-8H,1-3H3. The fraction of sp³-hybridized carbons (Fsp3) is 0.312. The summed E-state index contributed by atoms with van der Waals surface area (Å²) in [4.78, 5) is 36.1.